The topological polar surface area (TPSA) is 38.3 Å². The zero-order valence-corrected chi connectivity index (χ0v) is 14.9. The molecule has 0 fully saturated rings. The molecule has 3 aromatic carbocycles. The van der Waals surface area contributed by atoms with E-state index in [-0.39, 0.29) is 11.8 Å². The van der Waals surface area contributed by atoms with Crippen LogP contribution in [0.15, 0.2) is 84.9 Å². The van der Waals surface area contributed by atoms with Crippen LogP contribution in [0.5, 0.6) is 5.75 Å². The second kappa shape index (κ2) is 8.86. The highest BCUT2D eigenvalue weighted by molar-refractivity contribution is 5.96. The van der Waals surface area contributed by atoms with Crippen LogP contribution in [0.3, 0.4) is 0 Å². The lowest BCUT2D eigenvalue weighted by Gasteiger charge is -2.20. The van der Waals surface area contributed by atoms with Gasteiger partial charge < -0.3 is 10.1 Å². The number of hydrogen-bond donors (Lipinski definition) is 1. The molecule has 0 amide bonds. The van der Waals surface area contributed by atoms with Crippen molar-refractivity contribution >= 4 is 11.5 Å². The summed E-state index contributed by atoms with van der Waals surface area (Å²) in [5.74, 6) is 0.965. The number of nitrogens with one attached hydrogen (secondary N) is 1. The van der Waals surface area contributed by atoms with Gasteiger partial charge in [0.25, 0.3) is 0 Å². The van der Waals surface area contributed by atoms with Gasteiger partial charge in [-0.3, -0.25) is 4.79 Å². The van der Waals surface area contributed by atoms with E-state index in [0.29, 0.717) is 13.0 Å². The molecule has 3 heteroatoms. The molecule has 26 heavy (non-hydrogen) atoms. The van der Waals surface area contributed by atoms with Crippen LogP contribution < -0.4 is 10.1 Å². The lowest BCUT2D eigenvalue weighted by atomic mass is 9.97. The number of rotatable bonds is 8. The maximum atomic E-state index is 12.7. The summed E-state index contributed by atoms with van der Waals surface area (Å²) in [6, 6.07) is 27.2. The van der Waals surface area contributed by atoms with E-state index in [9.17, 15) is 4.79 Å². The van der Waals surface area contributed by atoms with Crippen LogP contribution in [-0.4, -0.2) is 12.4 Å². The SMILES string of the molecule is CCOc1ccc(NC(CC(=O)c2ccccc2)c2ccccc2)cc1. The molecular weight excluding hydrogens is 322 g/mol. The minimum absolute atomic E-state index is 0.0955. The second-order valence-corrected chi connectivity index (χ2v) is 6.06. The van der Waals surface area contributed by atoms with Gasteiger partial charge in [-0.2, -0.15) is 0 Å². The number of anilines is 1. The second-order valence-electron chi connectivity index (χ2n) is 6.06. The van der Waals surface area contributed by atoms with Gasteiger partial charge in [-0.15, -0.1) is 0 Å². The molecule has 0 aliphatic rings. The number of benzene rings is 3. The molecule has 0 heterocycles. The van der Waals surface area contributed by atoms with Gasteiger partial charge in [0.05, 0.1) is 12.6 Å². The van der Waals surface area contributed by atoms with Gasteiger partial charge in [-0.05, 0) is 36.8 Å². The Morgan fingerprint density at radius 2 is 1.50 bits per heavy atom. The Hall–Kier alpha value is -3.07. The molecule has 0 spiro atoms. The quantitative estimate of drug-likeness (QED) is 0.547. The third kappa shape index (κ3) is 4.73. The van der Waals surface area contributed by atoms with Crippen molar-refractivity contribution in [3.63, 3.8) is 0 Å². The predicted molar refractivity (Wildman–Crippen MR) is 106 cm³/mol. The lowest BCUT2D eigenvalue weighted by Crippen LogP contribution is -2.15. The third-order valence-corrected chi connectivity index (χ3v) is 4.19. The molecule has 1 atom stereocenters. The Kier molecular flexibility index (Phi) is 6.05. The van der Waals surface area contributed by atoms with Gasteiger partial charge in [0.15, 0.2) is 5.78 Å². The smallest absolute Gasteiger partial charge is 0.165 e. The molecule has 0 aliphatic heterocycles. The van der Waals surface area contributed by atoms with Crippen LogP contribution in [0.25, 0.3) is 0 Å². The standard InChI is InChI=1S/C23H23NO2/c1-2-26-21-15-13-20(14-16-21)24-22(18-9-5-3-6-10-18)17-23(25)19-11-7-4-8-12-19/h3-16,22,24H,2,17H2,1H3. The van der Waals surface area contributed by atoms with E-state index in [1.54, 1.807) is 0 Å². The summed E-state index contributed by atoms with van der Waals surface area (Å²) in [5.41, 5.74) is 2.79. The molecule has 1 unspecified atom stereocenters. The Morgan fingerprint density at radius 1 is 0.885 bits per heavy atom. The molecule has 3 aromatic rings. The average molecular weight is 345 g/mol. The molecule has 0 aromatic heterocycles. The molecule has 0 bridgehead atoms. The van der Waals surface area contributed by atoms with Crippen LogP contribution >= 0.6 is 0 Å². The fourth-order valence-corrected chi connectivity index (χ4v) is 2.88. The zero-order valence-electron chi connectivity index (χ0n) is 14.9. The fraction of sp³-hybridized carbons (Fsp3) is 0.174. The van der Waals surface area contributed by atoms with E-state index in [2.05, 4.69) is 5.32 Å². The highest BCUT2D eigenvalue weighted by atomic mass is 16.5. The summed E-state index contributed by atoms with van der Waals surface area (Å²) in [5, 5.41) is 3.49. The first-order valence-corrected chi connectivity index (χ1v) is 8.89. The van der Waals surface area contributed by atoms with Crippen LogP contribution in [0.2, 0.25) is 0 Å². The summed E-state index contributed by atoms with van der Waals surface area (Å²) in [7, 11) is 0. The monoisotopic (exact) mass is 345 g/mol. The van der Waals surface area contributed by atoms with Crippen molar-refractivity contribution in [2.24, 2.45) is 0 Å². The first-order valence-electron chi connectivity index (χ1n) is 8.89. The van der Waals surface area contributed by atoms with Gasteiger partial charge in [-0.1, -0.05) is 60.7 Å². The average Bonchev–Trinajstić information content (AvgIpc) is 2.70. The first-order chi connectivity index (χ1) is 12.8. The molecule has 3 nitrogen and oxygen atoms in total. The number of ether oxygens (including phenoxy) is 1. The molecule has 1 N–H and O–H groups in total. The maximum absolute atomic E-state index is 12.7. The van der Waals surface area contributed by atoms with E-state index in [1.807, 2.05) is 91.9 Å². The Labute approximate surface area is 154 Å². The molecule has 0 saturated carbocycles. The normalized spacial score (nSPS) is 11.6. The summed E-state index contributed by atoms with van der Waals surface area (Å²) < 4.78 is 5.49. The molecule has 0 radical (unpaired) electrons. The van der Waals surface area contributed by atoms with E-state index < -0.39 is 0 Å². The van der Waals surface area contributed by atoms with Crippen molar-refractivity contribution in [2.45, 2.75) is 19.4 Å². The largest absolute Gasteiger partial charge is 0.494 e. The lowest BCUT2D eigenvalue weighted by molar-refractivity contribution is 0.0976. The highest BCUT2D eigenvalue weighted by Crippen LogP contribution is 2.25. The Bertz CT molecular complexity index is 814. The number of ketones is 1. The van der Waals surface area contributed by atoms with Crippen molar-refractivity contribution in [1.82, 2.24) is 0 Å². The van der Waals surface area contributed by atoms with Crippen LogP contribution in [0.4, 0.5) is 5.69 Å². The van der Waals surface area contributed by atoms with Crippen molar-refractivity contribution in [3.8, 4) is 5.75 Å². The van der Waals surface area contributed by atoms with E-state index in [0.717, 1.165) is 22.6 Å². The van der Waals surface area contributed by atoms with Gasteiger partial charge in [0.2, 0.25) is 0 Å². The van der Waals surface area contributed by atoms with Crippen molar-refractivity contribution in [2.75, 3.05) is 11.9 Å². The molecule has 0 saturated heterocycles. The summed E-state index contributed by atoms with van der Waals surface area (Å²) in [6.07, 6.45) is 0.390. The Morgan fingerprint density at radius 3 is 2.12 bits per heavy atom. The predicted octanol–water partition coefficient (Wildman–Crippen LogP) is 5.51. The fourth-order valence-electron chi connectivity index (χ4n) is 2.88. The maximum Gasteiger partial charge on any atom is 0.165 e. The minimum Gasteiger partial charge on any atom is -0.494 e. The van der Waals surface area contributed by atoms with Crippen molar-refractivity contribution in [3.05, 3.63) is 96.1 Å². The Balaban J connectivity index is 1.78. The molecule has 0 aliphatic carbocycles. The number of carbonyl (C=O) groups is 1. The van der Waals surface area contributed by atoms with E-state index in [1.165, 1.54) is 0 Å². The van der Waals surface area contributed by atoms with Gasteiger partial charge in [0.1, 0.15) is 5.75 Å². The number of carbonyl (C=O) groups excluding carboxylic acids is 1. The molecular formula is C23H23NO2. The van der Waals surface area contributed by atoms with Gasteiger partial charge >= 0.3 is 0 Å². The zero-order chi connectivity index (χ0) is 18.2. The molecule has 3 rings (SSSR count). The summed E-state index contributed by atoms with van der Waals surface area (Å²) in [4.78, 5) is 12.7. The molecule has 132 valence electrons. The first kappa shape index (κ1) is 17.7. The van der Waals surface area contributed by atoms with Crippen LogP contribution in [0.1, 0.15) is 35.3 Å². The van der Waals surface area contributed by atoms with Gasteiger partial charge in [-0.25, -0.2) is 0 Å². The number of hydrogen-bond acceptors (Lipinski definition) is 3. The van der Waals surface area contributed by atoms with E-state index >= 15 is 0 Å². The number of Topliss-reactive ketones (excluding diaryl/α,β-unsaturated/α-hetero) is 1. The summed E-state index contributed by atoms with van der Waals surface area (Å²) >= 11 is 0. The summed E-state index contributed by atoms with van der Waals surface area (Å²) in [6.45, 7) is 2.61. The third-order valence-electron chi connectivity index (χ3n) is 4.19. The highest BCUT2D eigenvalue weighted by Gasteiger charge is 2.17. The van der Waals surface area contributed by atoms with Crippen LogP contribution in [0, 0.1) is 0 Å². The van der Waals surface area contributed by atoms with Crippen LogP contribution in [-0.2, 0) is 0 Å². The van der Waals surface area contributed by atoms with Crippen molar-refractivity contribution < 1.29 is 9.53 Å². The van der Waals surface area contributed by atoms with Gasteiger partial charge in [0, 0.05) is 17.7 Å². The van der Waals surface area contributed by atoms with Crippen molar-refractivity contribution in [1.29, 1.82) is 0 Å². The van der Waals surface area contributed by atoms with E-state index in [4.69, 9.17) is 4.74 Å². The minimum atomic E-state index is -0.0955.